The third-order valence-corrected chi connectivity index (χ3v) is 3.10. The van der Waals surface area contributed by atoms with Crippen LogP contribution in [0.3, 0.4) is 0 Å². The van der Waals surface area contributed by atoms with Crippen LogP contribution in [0.2, 0.25) is 0 Å². The van der Waals surface area contributed by atoms with E-state index in [1.165, 1.54) is 0 Å². The molecule has 0 fully saturated rings. The van der Waals surface area contributed by atoms with E-state index in [1.54, 1.807) is 12.1 Å². The van der Waals surface area contributed by atoms with Crippen LogP contribution in [0, 0.1) is 17.5 Å². The topological polar surface area (TPSA) is 26.0 Å². The Morgan fingerprint density at radius 1 is 1.00 bits per heavy atom. The van der Waals surface area contributed by atoms with E-state index in [0.29, 0.717) is 17.7 Å². The van der Waals surface area contributed by atoms with Gasteiger partial charge in [-0.3, -0.25) is 0 Å². The van der Waals surface area contributed by atoms with E-state index in [4.69, 9.17) is 5.73 Å². The number of rotatable bonds is 3. The van der Waals surface area contributed by atoms with Crippen LogP contribution in [0.25, 0.3) is 0 Å². The minimum atomic E-state index is -0.968. The molecule has 0 aliphatic carbocycles. The summed E-state index contributed by atoms with van der Waals surface area (Å²) in [5, 5.41) is 0. The Morgan fingerprint density at radius 3 is 2.00 bits per heavy atom. The molecule has 0 saturated carbocycles. The summed E-state index contributed by atoms with van der Waals surface area (Å²) in [6.07, 6.45) is 0.870. The molecule has 0 aliphatic heterocycles. The molecule has 0 heterocycles. The Kier molecular flexibility index (Phi) is 3.90. The highest BCUT2D eigenvalue weighted by Crippen LogP contribution is 2.26. The lowest BCUT2D eigenvalue weighted by molar-refractivity contribution is 0.515. The molecule has 2 aromatic rings. The summed E-state index contributed by atoms with van der Waals surface area (Å²) in [5.74, 6) is -2.89. The highest BCUT2D eigenvalue weighted by Gasteiger charge is 2.19. The molecule has 0 aliphatic rings. The van der Waals surface area contributed by atoms with Crippen molar-refractivity contribution >= 4 is 0 Å². The van der Waals surface area contributed by atoms with E-state index in [9.17, 15) is 13.2 Å². The first kappa shape index (κ1) is 13.6. The zero-order valence-electron chi connectivity index (χ0n) is 10.5. The van der Waals surface area contributed by atoms with E-state index in [1.807, 2.05) is 19.1 Å². The molecular formula is C15H14F3N. The Bertz CT molecular complexity index is 555. The monoisotopic (exact) mass is 265 g/mol. The summed E-state index contributed by atoms with van der Waals surface area (Å²) < 4.78 is 40.1. The Hall–Kier alpha value is -1.81. The second kappa shape index (κ2) is 5.45. The Labute approximate surface area is 109 Å². The van der Waals surface area contributed by atoms with Crippen LogP contribution in [-0.4, -0.2) is 0 Å². The predicted molar refractivity (Wildman–Crippen MR) is 68.2 cm³/mol. The maximum atomic E-state index is 13.6. The van der Waals surface area contributed by atoms with Crippen molar-refractivity contribution in [1.29, 1.82) is 0 Å². The van der Waals surface area contributed by atoms with Crippen LogP contribution >= 0.6 is 0 Å². The molecule has 100 valence electrons. The maximum absolute atomic E-state index is 13.6. The van der Waals surface area contributed by atoms with E-state index < -0.39 is 23.5 Å². The third kappa shape index (κ3) is 2.79. The second-order valence-corrected chi connectivity index (χ2v) is 4.36. The molecular weight excluding hydrogens is 251 g/mol. The average Bonchev–Trinajstić information content (AvgIpc) is 2.37. The van der Waals surface area contributed by atoms with E-state index in [0.717, 1.165) is 12.0 Å². The third-order valence-electron chi connectivity index (χ3n) is 3.10. The van der Waals surface area contributed by atoms with Gasteiger partial charge in [0.1, 0.15) is 17.5 Å². The summed E-state index contributed by atoms with van der Waals surface area (Å²) in [5.41, 5.74) is 7.24. The smallest absolute Gasteiger partial charge is 0.134 e. The van der Waals surface area contributed by atoms with Crippen molar-refractivity contribution in [2.75, 3.05) is 0 Å². The fourth-order valence-electron chi connectivity index (χ4n) is 1.98. The molecule has 19 heavy (non-hydrogen) atoms. The fraction of sp³-hybridized carbons (Fsp3) is 0.200. The van der Waals surface area contributed by atoms with Crippen molar-refractivity contribution in [3.8, 4) is 0 Å². The lowest BCUT2D eigenvalue weighted by atomic mass is 9.97. The molecule has 2 aromatic carbocycles. The van der Waals surface area contributed by atoms with Crippen LogP contribution in [-0.2, 0) is 6.42 Å². The SMILES string of the molecule is CCc1ccc(C(N)c2c(F)cc(F)cc2F)cc1. The van der Waals surface area contributed by atoms with E-state index >= 15 is 0 Å². The van der Waals surface area contributed by atoms with E-state index in [2.05, 4.69) is 0 Å². The number of halogens is 3. The van der Waals surface area contributed by atoms with Crippen LogP contribution in [0.5, 0.6) is 0 Å². The second-order valence-electron chi connectivity index (χ2n) is 4.36. The fourth-order valence-corrected chi connectivity index (χ4v) is 1.98. The minimum absolute atomic E-state index is 0.314. The van der Waals surface area contributed by atoms with Gasteiger partial charge in [-0.15, -0.1) is 0 Å². The molecule has 1 unspecified atom stereocenters. The predicted octanol–water partition coefficient (Wildman–Crippen LogP) is 3.71. The quantitative estimate of drug-likeness (QED) is 0.899. The van der Waals surface area contributed by atoms with Gasteiger partial charge in [0, 0.05) is 17.7 Å². The van der Waals surface area contributed by atoms with Crippen molar-refractivity contribution in [2.45, 2.75) is 19.4 Å². The summed E-state index contributed by atoms with van der Waals surface area (Å²) in [6, 6.07) is 7.49. The molecule has 1 nitrogen and oxygen atoms in total. The zero-order chi connectivity index (χ0) is 14.0. The van der Waals surface area contributed by atoms with Gasteiger partial charge in [-0.2, -0.15) is 0 Å². The van der Waals surface area contributed by atoms with Gasteiger partial charge in [0.05, 0.1) is 6.04 Å². The van der Waals surface area contributed by atoms with Crippen molar-refractivity contribution in [2.24, 2.45) is 5.73 Å². The highest BCUT2D eigenvalue weighted by atomic mass is 19.1. The zero-order valence-corrected chi connectivity index (χ0v) is 10.5. The number of nitrogens with two attached hydrogens (primary N) is 1. The largest absolute Gasteiger partial charge is 0.320 e. The van der Waals surface area contributed by atoms with Crippen molar-refractivity contribution in [1.82, 2.24) is 0 Å². The average molecular weight is 265 g/mol. The maximum Gasteiger partial charge on any atom is 0.134 e. The molecule has 0 radical (unpaired) electrons. The molecule has 4 heteroatoms. The standard InChI is InChI=1S/C15H14F3N/c1-2-9-3-5-10(6-4-9)15(19)14-12(17)7-11(16)8-13(14)18/h3-8,15H,2,19H2,1H3. The summed E-state index contributed by atoms with van der Waals surface area (Å²) in [4.78, 5) is 0. The lowest BCUT2D eigenvalue weighted by Gasteiger charge is -2.15. The van der Waals surface area contributed by atoms with Crippen LogP contribution in [0.1, 0.15) is 29.7 Å². The molecule has 2 N–H and O–H groups in total. The number of aryl methyl sites for hydroxylation is 1. The summed E-state index contributed by atoms with van der Waals surface area (Å²) >= 11 is 0. The first-order valence-corrected chi connectivity index (χ1v) is 6.01. The number of benzene rings is 2. The molecule has 0 saturated heterocycles. The highest BCUT2D eigenvalue weighted by molar-refractivity contribution is 5.35. The molecule has 0 amide bonds. The molecule has 0 bridgehead atoms. The number of hydrogen-bond acceptors (Lipinski definition) is 1. The van der Waals surface area contributed by atoms with Crippen molar-refractivity contribution in [3.63, 3.8) is 0 Å². The van der Waals surface area contributed by atoms with Gasteiger partial charge in [-0.25, -0.2) is 13.2 Å². The summed E-state index contributed by atoms with van der Waals surface area (Å²) in [6.45, 7) is 2.01. The normalized spacial score (nSPS) is 12.5. The molecule has 0 spiro atoms. The van der Waals surface area contributed by atoms with Gasteiger partial charge in [0.2, 0.25) is 0 Å². The van der Waals surface area contributed by atoms with E-state index in [-0.39, 0.29) is 5.56 Å². The van der Waals surface area contributed by atoms with Crippen LogP contribution in [0.15, 0.2) is 36.4 Å². The van der Waals surface area contributed by atoms with Gasteiger partial charge < -0.3 is 5.73 Å². The van der Waals surface area contributed by atoms with Crippen LogP contribution < -0.4 is 5.73 Å². The molecule has 2 rings (SSSR count). The summed E-state index contributed by atoms with van der Waals surface area (Å²) in [7, 11) is 0. The Morgan fingerprint density at radius 2 is 1.53 bits per heavy atom. The van der Waals surface area contributed by atoms with Gasteiger partial charge >= 0.3 is 0 Å². The first-order valence-electron chi connectivity index (χ1n) is 6.01. The van der Waals surface area contributed by atoms with Gasteiger partial charge in [0.15, 0.2) is 0 Å². The molecule has 0 aromatic heterocycles. The Balaban J connectivity index is 2.40. The van der Waals surface area contributed by atoms with Gasteiger partial charge in [0.25, 0.3) is 0 Å². The lowest BCUT2D eigenvalue weighted by Crippen LogP contribution is -2.16. The first-order chi connectivity index (χ1) is 9.02. The van der Waals surface area contributed by atoms with Crippen molar-refractivity contribution < 1.29 is 13.2 Å². The van der Waals surface area contributed by atoms with Gasteiger partial charge in [-0.1, -0.05) is 31.2 Å². The van der Waals surface area contributed by atoms with Crippen molar-refractivity contribution in [3.05, 3.63) is 70.5 Å². The molecule has 1 atom stereocenters. The van der Waals surface area contributed by atoms with Gasteiger partial charge in [-0.05, 0) is 17.5 Å². The minimum Gasteiger partial charge on any atom is -0.320 e. The van der Waals surface area contributed by atoms with Crippen LogP contribution in [0.4, 0.5) is 13.2 Å². The number of hydrogen-bond donors (Lipinski definition) is 1.